The number of hydrogen-bond acceptors (Lipinski definition) is 5. The number of hydrogen-bond donors (Lipinski definition) is 1. The zero-order valence-corrected chi connectivity index (χ0v) is 27.3. The van der Waals surface area contributed by atoms with Crippen LogP contribution in [0.25, 0.3) is 17.0 Å². The van der Waals surface area contributed by atoms with Crippen LogP contribution in [0.15, 0.2) is 121 Å². The fourth-order valence-corrected chi connectivity index (χ4v) is 7.85. The van der Waals surface area contributed by atoms with E-state index in [4.69, 9.17) is 19.7 Å². The zero-order chi connectivity index (χ0) is 32.2. The van der Waals surface area contributed by atoms with Gasteiger partial charge in [0.05, 0.1) is 12.0 Å². The molecule has 7 rings (SSSR count). The lowest BCUT2D eigenvalue weighted by Gasteiger charge is -2.39. The van der Waals surface area contributed by atoms with Crippen LogP contribution in [-0.4, -0.2) is 26.7 Å². The van der Waals surface area contributed by atoms with Crippen molar-refractivity contribution >= 4 is 5.57 Å². The number of aliphatic hydroxyl groups excluding tert-OH is 1. The molecule has 5 nitrogen and oxygen atoms in total. The van der Waals surface area contributed by atoms with Gasteiger partial charge in [0, 0.05) is 23.0 Å². The first-order chi connectivity index (χ1) is 23.1. The van der Waals surface area contributed by atoms with Crippen LogP contribution in [0.5, 0.6) is 6.01 Å². The standard InChI is InChI=1S/C42H43N3O2/c1-3-5-17-29(4-2)28-47-41-44-39(34-23-13-15-27-37(34)46)43-40(45-41)35-25-16-24-33-32-22-12-14-26-36(32)42(38(33)35,30-18-8-6-9-19-30)31-20-10-7-11-21-31/h6-12,14-16,18-22,24-27,29,32,36,46H,3-5,13,17,23,28H2,1-2H3. The molecule has 47 heavy (non-hydrogen) atoms. The predicted molar refractivity (Wildman–Crippen MR) is 189 cm³/mol. The summed E-state index contributed by atoms with van der Waals surface area (Å²) in [7, 11) is 0. The summed E-state index contributed by atoms with van der Waals surface area (Å²) in [6.07, 6.45) is 18.8. The highest BCUT2D eigenvalue weighted by molar-refractivity contribution is 5.76. The lowest BCUT2D eigenvalue weighted by atomic mass is 9.62. The quantitative estimate of drug-likeness (QED) is 0.181. The molecule has 0 radical (unpaired) electrons. The van der Waals surface area contributed by atoms with Gasteiger partial charge in [0.1, 0.15) is 5.76 Å². The lowest BCUT2D eigenvalue weighted by molar-refractivity contribution is 0.217. The van der Waals surface area contributed by atoms with Crippen molar-refractivity contribution in [2.75, 3.05) is 6.61 Å². The molecular formula is C42H43N3O2. The molecule has 3 aliphatic carbocycles. The van der Waals surface area contributed by atoms with Crippen molar-refractivity contribution in [2.45, 2.75) is 63.7 Å². The number of aromatic nitrogens is 3. The highest BCUT2D eigenvalue weighted by atomic mass is 16.5. The molecule has 1 heterocycles. The van der Waals surface area contributed by atoms with Crippen LogP contribution in [0.1, 0.15) is 86.4 Å². The van der Waals surface area contributed by atoms with Gasteiger partial charge >= 0.3 is 6.01 Å². The molecule has 3 atom stereocenters. The number of nitrogens with zero attached hydrogens (tertiary/aromatic N) is 3. The Morgan fingerprint density at radius 2 is 1.57 bits per heavy atom. The molecule has 0 amide bonds. The number of benzene rings is 3. The minimum Gasteiger partial charge on any atom is -0.508 e. The van der Waals surface area contributed by atoms with Gasteiger partial charge in [0.15, 0.2) is 11.6 Å². The molecule has 0 saturated heterocycles. The minimum atomic E-state index is -0.489. The van der Waals surface area contributed by atoms with E-state index in [-0.39, 0.29) is 17.6 Å². The largest absolute Gasteiger partial charge is 0.508 e. The van der Waals surface area contributed by atoms with Crippen LogP contribution in [0.3, 0.4) is 0 Å². The molecule has 0 bridgehead atoms. The van der Waals surface area contributed by atoms with Crippen LogP contribution in [0.2, 0.25) is 0 Å². The zero-order valence-electron chi connectivity index (χ0n) is 27.3. The summed E-state index contributed by atoms with van der Waals surface area (Å²) in [5.74, 6) is 2.02. The second kappa shape index (κ2) is 13.5. The SMILES string of the molecule is CCCCC(CC)COc1nc(C2=C(O)C=CCC2)nc(-c2cccc3c2C(c2ccccc2)(c2ccccc2)C2C=CC=CC32)n1. The Morgan fingerprint density at radius 1 is 0.851 bits per heavy atom. The maximum absolute atomic E-state index is 10.9. The molecule has 1 N–H and O–H groups in total. The summed E-state index contributed by atoms with van der Waals surface area (Å²) in [6.45, 7) is 4.99. The third-order valence-electron chi connectivity index (χ3n) is 10.2. The maximum atomic E-state index is 10.9. The van der Waals surface area contributed by atoms with E-state index in [1.165, 1.54) is 28.7 Å². The van der Waals surface area contributed by atoms with Gasteiger partial charge in [-0.2, -0.15) is 9.97 Å². The first-order valence-electron chi connectivity index (χ1n) is 17.2. The Balaban J connectivity index is 1.46. The number of aliphatic hydroxyl groups is 1. The third-order valence-corrected chi connectivity index (χ3v) is 10.2. The minimum absolute atomic E-state index is 0.157. The molecule has 0 fully saturated rings. The topological polar surface area (TPSA) is 68.1 Å². The third kappa shape index (κ3) is 5.62. The summed E-state index contributed by atoms with van der Waals surface area (Å²) in [4.78, 5) is 15.0. The number of unbranched alkanes of at least 4 members (excludes halogenated alkanes) is 1. The molecule has 0 spiro atoms. The number of allylic oxidation sites excluding steroid dienone is 7. The van der Waals surface area contributed by atoms with E-state index in [0.717, 1.165) is 36.8 Å². The van der Waals surface area contributed by atoms with Crippen LogP contribution < -0.4 is 4.74 Å². The summed E-state index contributed by atoms with van der Waals surface area (Å²) in [5, 5.41) is 10.9. The molecule has 238 valence electrons. The van der Waals surface area contributed by atoms with Crippen molar-refractivity contribution in [3.8, 4) is 17.4 Å². The summed E-state index contributed by atoms with van der Waals surface area (Å²) in [6, 6.07) is 28.6. The van der Waals surface area contributed by atoms with Gasteiger partial charge in [-0.3, -0.25) is 0 Å². The normalized spacial score (nSPS) is 19.8. The Bertz CT molecular complexity index is 1800. The highest BCUT2D eigenvalue weighted by Crippen LogP contribution is 2.61. The van der Waals surface area contributed by atoms with Crippen LogP contribution in [0, 0.1) is 11.8 Å². The van der Waals surface area contributed by atoms with E-state index in [2.05, 4.69) is 117 Å². The van der Waals surface area contributed by atoms with Gasteiger partial charge in [-0.25, -0.2) is 4.98 Å². The number of fused-ring (bicyclic) bond motifs is 3. The van der Waals surface area contributed by atoms with E-state index in [9.17, 15) is 5.11 Å². The average Bonchev–Trinajstić information content (AvgIpc) is 3.44. The van der Waals surface area contributed by atoms with E-state index < -0.39 is 5.41 Å². The maximum Gasteiger partial charge on any atom is 0.320 e. The van der Waals surface area contributed by atoms with Gasteiger partial charge < -0.3 is 9.84 Å². The van der Waals surface area contributed by atoms with Gasteiger partial charge in [0.2, 0.25) is 0 Å². The molecular weight excluding hydrogens is 578 g/mol. The number of rotatable bonds is 11. The Labute approximate surface area is 278 Å². The fourth-order valence-electron chi connectivity index (χ4n) is 7.85. The van der Waals surface area contributed by atoms with E-state index in [0.29, 0.717) is 36.6 Å². The molecule has 1 aromatic heterocycles. The van der Waals surface area contributed by atoms with Crippen molar-refractivity contribution in [3.05, 3.63) is 149 Å². The smallest absolute Gasteiger partial charge is 0.320 e. The van der Waals surface area contributed by atoms with Gasteiger partial charge in [-0.05, 0) is 53.5 Å². The second-order valence-corrected chi connectivity index (χ2v) is 12.9. The second-order valence-electron chi connectivity index (χ2n) is 12.9. The van der Waals surface area contributed by atoms with Gasteiger partial charge in [-0.15, -0.1) is 0 Å². The first kappa shape index (κ1) is 30.9. The van der Waals surface area contributed by atoms with Crippen LogP contribution in [-0.2, 0) is 5.41 Å². The predicted octanol–water partition coefficient (Wildman–Crippen LogP) is 9.93. The van der Waals surface area contributed by atoms with Crippen LogP contribution in [0.4, 0.5) is 0 Å². The summed E-state index contributed by atoms with van der Waals surface area (Å²) in [5.41, 5.74) is 6.15. The molecule has 3 aromatic carbocycles. The first-order valence-corrected chi connectivity index (χ1v) is 17.2. The molecule has 5 heteroatoms. The van der Waals surface area contributed by atoms with Gasteiger partial charge in [0.25, 0.3) is 0 Å². The van der Waals surface area contributed by atoms with Gasteiger partial charge in [-0.1, -0.05) is 142 Å². The van der Waals surface area contributed by atoms with Crippen molar-refractivity contribution in [2.24, 2.45) is 11.8 Å². The van der Waals surface area contributed by atoms with E-state index >= 15 is 0 Å². The van der Waals surface area contributed by atoms with Crippen molar-refractivity contribution in [1.82, 2.24) is 15.0 Å². The Morgan fingerprint density at radius 3 is 2.28 bits per heavy atom. The summed E-state index contributed by atoms with van der Waals surface area (Å²) < 4.78 is 6.41. The molecule has 0 saturated carbocycles. The average molecular weight is 622 g/mol. The monoisotopic (exact) mass is 621 g/mol. The lowest BCUT2D eigenvalue weighted by Crippen LogP contribution is -2.35. The Kier molecular flexibility index (Phi) is 8.88. The summed E-state index contributed by atoms with van der Waals surface area (Å²) >= 11 is 0. The van der Waals surface area contributed by atoms with E-state index in [1.807, 2.05) is 6.08 Å². The fraction of sp³-hybridized carbons (Fsp3) is 0.310. The molecule has 3 unspecified atom stereocenters. The van der Waals surface area contributed by atoms with E-state index in [1.54, 1.807) is 6.08 Å². The van der Waals surface area contributed by atoms with Crippen molar-refractivity contribution < 1.29 is 9.84 Å². The molecule has 0 aliphatic heterocycles. The molecule has 3 aliphatic rings. The van der Waals surface area contributed by atoms with Crippen molar-refractivity contribution in [3.63, 3.8) is 0 Å². The molecule has 4 aromatic rings. The number of ether oxygens (including phenoxy) is 1. The highest BCUT2D eigenvalue weighted by Gasteiger charge is 2.54. The van der Waals surface area contributed by atoms with Crippen LogP contribution >= 0.6 is 0 Å². The van der Waals surface area contributed by atoms with Crippen molar-refractivity contribution in [1.29, 1.82) is 0 Å². The Hall–Kier alpha value is -4.77.